The van der Waals surface area contributed by atoms with E-state index < -0.39 is 48.2 Å². The van der Waals surface area contributed by atoms with Crippen LogP contribution in [0.15, 0.2) is 36.4 Å². The standard InChI is InChI=1S/C26H29ClN4O7/c1-4-20(23(33)29-18-7-5-14(2)19(11-18)25(35)36)30-26(37)31-13-22(32)28-12-16(24(31)34)9-15-10-17(27)6-8-21(15)38-3/h5-8,10-11,16,20H,4,9,12-13H2,1-3H3,(H,28,32)(H,29,33)(H,30,37)(H,35,36)/t16?,20-/m1/s1. The van der Waals surface area contributed by atoms with Crippen LogP contribution in [0.25, 0.3) is 0 Å². The van der Waals surface area contributed by atoms with E-state index in [0.717, 1.165) is 4.90 Å². The van der Waals surface area contributed by atoms with E-state index in [1.165, 1.54) is 13.2 Å². The average molecular weight is 545 g/mol. The zero-order valence-electron chi connectivity index (χ0n) is 21.2. The summed E-state index contributed by atoms with van der Waals surface area (Å²) in [5.41, 5.74) is 1.44. The average Bonchev–Trinajstić information content (AvgIpc) is 3.01. The lowest BCUT2D eigenvalue weighted by Gasteiger charge is -2.25. The lowest BCUT2D eigenvalue weighted by atomic mass is 9.97. The monoisotopic (exact) mass is 544 g/mol. The summed E-state index contributed by atoms with van der Waals surface area (Å²) in [4.78, 5) is 63.8. The van der Waals surface area contributed by atoms with E-state index in [0.29, 0.717) is 21.9 Å². The number of carboxylic acids is 1. The van der Waals surface area contributed by atoms with Gasteiger partial charge in [-0.15, -0.1) is 0 Å². The van der Waals surface area contributed by atoms with Crippen molar-refractivity contribution in [3.8, 4) is 5.75 Å². The van der Waals surface area contributed by atoms with Gasteiger partial charge in [0.15, 0.2) is 0 Å². The van der Waals surface area contributed by atoms with Crippen LogP contribution in [-0.2, 0) is 20.8 Å². The molecule has 4 N–H and O–H groups in total. The first-order valence-corrected chi connectivity index (χ1v) is 12.3. The molecule has 1 fully saturated rings. The SMILES string of the molecule is CC[C@@H](NC(=O)N1CC(=O)NCC(Cc2cc(Cl)ccc2OC)C1=O)C(=O)Nc1ccc(C)c(C(=O)O)c1. The molecule has 0 radical (unpaired) electrons. The Labute approximate surface area is 224 Å². The first kappa shape index (κ1) is 28.5. The quantitative estimate of drug-likeness (QED) is 0.398. The third-order valence-corrected chi connectivity index (χ3v) is 6.41. The minimum atomic E-state index is -1.14. The zero-order chi connectivity index (χ0) is 28.0. The smallest absolute Gasteiger partial charge is 0.336 e. The number of hydrogen-bond acceptors (Lipinski definition) is 6. The Kier molecular flexibility index (Phi) is 9.30. The summed E-state index contributed by atoms with van der Waals surface area (Å²) < 4.78 is 5.35. The van der Waals surface area contributed by atoms with Crippen molar-refractivity contribution in [3.05, 3.63) is 58.1 Å². The molecule has 1 heterocycles. The number of methoxy groups -OCH3 is 1. The number of carboxylic acid groups (broad SMARTS) is 1. The predicted octanol–water partition coefficient (Wildman–Crippen LogP) is 2.60. The third-order valence-electron chi connectivity index (χ3n) is 6.17. The van der Waals surface area contributed by atoms with Crippen molar-refractivity contribution >= 4 is 47.0 Å². The van der Waals surface area contributed by atoms with Crippen molar-refractivity contribution < 1.29 is 33.8 Å². The summed E-state index contributed by atoms with van der Waals surface area (Å²) in [6, 6.07) is 7.45. The summed E-state index contributed by atoms with van der Waals surface area (Å²) in [6.45, 7) is 2.79. The Morgan fingerprint density at radius 3 is 2.61 bits per heavy atom. The van der Waals surface area contributed by atoms with Gasteiger partial charge in [0.2, 0.25) is 17.7 Å². The van der Waals surface area contributed by atoms with Gasteiger partial charge < -0.3 is 25.8 Å². The molecule has 11 nitrogen and oxygen atoms in total. The summed E-state index contributed by atoms with van der Waals surface area (Å²) in [6.07, 6.45) is 0.330. The number of anilines is 1. The van der Waals surface area contributed by atoms with Gasteiger partial charge in [0.25, 0.3) is 0 Å². The molecule has 2 aromatic carbocycles. The fourth-order valence-electron chi connectivity index (χ4n) is 4.07. The van der Waals surface area contributed by atoms with Crippen LogP contribution >= 0.6 is 11.6 Å². The second-order valence-electron chi connectivity index (χ2n) is 8.82. The molecule has 2 atom stereocenters. The van der Waals surface area contributed by atoms with E-state index in [2.05, 4.69) is 16.0 Å². The Morgan fingerprint density at radius 1 is 1.21 bits per heavy atom. The van der Waals surface area contributed by atoms with Gasteiger partial charge in [-0.3, -0.25) is 19.3 Å². The van der Waals surface area contributed by atoms with Gasteiger partial charge in [-0.2, -0.15) is 0 Å². The Balaban J connectivity index is 1.75. The summed E-state index contributed by atoms with van der Waals surface area (Å²) in [5.74, 6) is -3.13. The number of benzene rings is 2. The van der Waals surface area contributed by atoms with E-state index in [-0.39, 0.29) is 30.6 Å². The van der Waals surface area contributed by atoms with Crippen LogP contribution in [-0.4, -0.2) is 66.0 Å². The molecule has 2 aromatic rings. The van der Waals surface area contributed by atoms with E-state index in [1.54, 1.807) is 44.2 Å². The van der Waals surface area contributed by atoms with E-state index in [9.17, 15) is 29.1 Å². The first-order chi connectivity index (χ1) is 18.0. The molecule has 202 valence electrons. The molecule has 3 rings (SSSR count). The molecule has 0 saturated carbocycles. The van der Waals surface area contributed by atoms with Gasteiger partial charge in [0.1, 0.15) is 18.3 Å². The van der Waals surface area contributed by atoms with Crippen molar-refractivity contribution in [2.24, 2.45) is 5.92 Å². The number of carbonyl (C=O) groups is 5. The maximum atomic E-state index is 13.3. The molecule has 0 aromatic heterocycles. The number of rotatable bonds is 8. The number of ether oxygens (including phenoxy) is 1. The van der Waals surface area contributed by atoms with Crippen LogP contribution in [0.1, 0.15) is 34.8 Å². The van der Waals surface area contributed by atoms with Crippen molar-refractivity contribution in [1.82, 2.24) is 15.5 Å². The van der Waals surface area contributed by atoms with Gasteiger partial charge in [0.05, 0.1) is 18.6 Å². The maximum Gasteiger partial charge on any atom is 0.336 e. The molecule has 0 bridgehead atoms. The highest BCUT2D eigenvalue weighted by Gasteiger charge is 2.35. The maximum absolute atomic E-state index is 13.3. The number of hydrogen-bond donors (Lipinski definition) is 4. The van der Waals surface area contributed by atoms with Crippen LogP contribution in [0, 0.1) is 12.8 Å². The summed E-state index contributed by atoms with van der Waals surface area (Å²) in [5, 5.41) is 17.5. The van der Waals surface area contributed by atoms with Crippen LogP contribution in [0.5, 0.6) is 5.75 Å². The topological polar surface area (TPSA) is 154 Å². The number of halogens is 1. The molecule has 5 amide bonds. The number of nitrogens with zero attached hydrogens (tertiary/aromatic N) is 1. The van der Waals surface area contributed by atoms with Crippen LogP contribution in [0.2, 0.25) is 5.02 Å². The van der Waals surface area contributed by atoms with Gasteiger partial charge in [-0.05, 0) is 61.2 Å². The molecular formula is C26H29ClN4O7. The number of aryl methyl sites for hydroxylation is 1. The van der Waals surface area contributed by atoms with E-state index in [4.69, 9.17) is 16.3 Å². The number of amides is 5. The van der Waals surface area contributed by atoms with Crippen molar-refractivity contribution in [3.63, 3.8) is 0 Å². The van der Waals surface area contributed by atoms with E-state index >= 15 is 0 Å². The molecule has 1 saturated heterocycles. The highest BCUT2D eigenvalue weighted by molar-refractivity contribution is 6.30. The second-order valence-corrected chi connectivity index (χ2v) is 9.26. The normalized spacial score (nSPS) is 16.2. The van der Waals surface area contributed by atoms with Crippen LogP contribution in [0.3, 0.4) is 0 Å². The van der Waals surface area contributed by atoms with Crippen molar-refractivity contribution in [1.29, 1.82) is 0 Å². The highest BCUT2D eigenvalue weighted by Crippen LogP contribution is 2.26. The molecule has 1 aliphatic rings. The Hall–Kier alpha value is -4.12. The lowest BCUT2D eigenvalue weighted by Crippen LogP contribution is -2.53. The number of urea groups is 1. The molecule has 1 aliphatic heterocycles. The minimum Gasteiger partial charge on any atom is -0.496 e. The van der Waals surface area contributed by atoms with E-state index in [1.807, 2.05) is 0 Å². The lowest BCUT2D eigenvalue weighted by molar-refractivity contribution is -0.133. The number of imide groups is 1. The fraction of sp³-hybridized carbons (Fsp3) is 0.346. The van der Waals surface area contributed by atoms with Crippen molar-refractivity contribution in [2.75, 3.05) is 25.5 Å². The molecule has 1 unspecified atom stereocenters. The highest BCUT2D eigenvalue weighted by atomic mass is 35.5. The number of aromatic carboxylic acids is 1. The predicted molar refractivity (Wildman–Crippen MR) is 139 cm³/mol. The minimum absolute atomic E-state index is 0.00808. The largest absolute Gasteiger partial charge is 0.496 e. The van der Waals surface area contributed by atoms with Gasteiger partial charge >= 0.3 is 12.0 Å². The Bertz CT molecular complexity index is 1270. The third kappa shape index (κ3) is 6.80. The van der Waals surface area contributed by atoms with Gasteiger partial charge in [-0.25, -0.2) is 9.59 Å². The number of nitrogens with one attached hydrogen (secondary N) is 3. The van der Waals surface area contributed by atoms with Gasteiger partial charge in [0, 0.05) is 17.3 Å². The summed E-state index contributed by atoms with van der Waals surface area (Å²) in [7, 11) is 1.48. The summed E-state index contributed by atoms with van der Waals surface area (Å²) >= 11 is 6.10. The van der Waals surface area contributed by atoms with Crippen LogP contribution < -0.4 is 20.7 Å². The molecule has 38 heavy (non-hydrogen) atoms. The van der Waals surface area contributed by atoms with Crippen molar-refractivity contribution in [2.45, 2.75) is 32.7 Å². The zero-order valence-corrected chi connectivity index (χ0v) is 21.9. The molecule has 0 aliphatic carbocycles. The molecule has 12 heteroatoms. The fourth-order valence-corrected chi connectivity index (χ4v) is 4.26. The second kappa shape index (κ2) is 12.4. The Morgan fingerprint density at radius 2 is 1.95 bits per heavy atom. The number of carbonyl (C=O) groups excluding carboxylic acids is 4. The molecular weight excluding hydrogens is 516 g/mol. The first-order valence-electron chi connectivity index (χ1n) is 11.9. The van der Waals surface area contributed by atoms with Gasteiger partial charge in [-0.1, -0.05) is 24.6 Å². The molecule has 0 spiro atoms. The van der Waals surface area contributed by atoms with Crippen LogP contribution in [0.4, 0.5) is 10.5 Å².